The van der Waals surface area contributed by atoms with Crippen LogP contribution in [0.3, 0.4) is 0 Å². The van der Waals surface area contributed by atoms with Crippen molar-refractivity contribution >= 4 is 5.91 Å². The lowest BCUT2D eigenvalue weighted by Crippen LogP contribution is -2.49. The van der Waals surface area contributed by atoms with Crippen molar-refractivity contribution in [2.45, 2.75) is 59.8 Å². The average Bonchev–Trinajstić information content (AvgIpc) is 2.60. The monoisotopic (exact) mass is 280 g/mol. The smallest absolute Gasteiger partial charge is 0.228 e. The second kappa shape index (κ2) is 6.05. The summed E-state index contributed by atoms with van der Waals surface area (Å²) in [7, 11) is 0. The van der Waals surface area contributed by atoms with Gasteiger partial charge in [0.25, 0.3) is 0 Å². The first-order valence-electron chi connectivity index (χ1n) is 8.33. The van der Waals surface area contributed by atoms with Crippen molar-refractivity contribution in [1.82, 2.24) is 10.2 Å². The highest BCUT2D eigenvalue weighted by molar-refractivity contribution is 5.82. The van der Waals surface area contributed by atoms with E-state index < -0.39 is 0 Å². The molecule has 2 heterocycles. The van der Waals surface area contributed by atoms with Gasteiger partial charge < -0.3 is 10.2 Å². The number of nitrogens with one attached hydrogen (secondary N) is 1. The second-order valence-electron chi connectivity index (χ2n) is 8.07. The molecule has 116 valence electrons. The Kier molecular flexibility index (Phi) is 4.78. The van der Waals surface area contributed by atoms with Crippen LogP contribution in [0.1, 0.15) is 59.8 Å². The van der Waals surface area contributed by atoms with Crippen LogP contribution in [0.2, 0.25) is 0 Å². The lowest BCUT2D eigenvalue weighted by molar-refractivity contribution is -0.143. The van der Waals surface area contributed by atoms with Crippen LogP contribution in [-0.2, 0) is 4.79 Å². The number of carbonyl (C=O) groups excluding carboxylic acids is 1. The Bertz CT molecular complexity index is 343. The zero-order valence-corrected chi connectivity index (χ0v) is 13.8. The molecule has 3 nitrogen and oxygen atoms in total. The van der Waals surface area contributed by atoms with Crippen molar-refractivity contribution < 1.29 is 4.79 Å². The molecule has 2 rings (SSSR count). The van der Waals surface area contributed by atoms with Gasteiger partial charge in [-0.3, -0.25) is 4.79 Å². The average molecular weight is 280 g/mol. The molecule has 0 radical (unpaired) electrons. The van der Waals surface area contributed by atoms with E-state index in [2.05, 4.69) is 37.9 Å². The summed E-state index contributed by atoms with van der Waals surface area (Å²) in [5.74, 6) is 0.865. The van der Waals surface area contributed by atoms with Crippen LogP contribution in [0.25, 0.3) is 0 Å². The molecule has 1 N–H and O–H groups in total. The first kappa shape index (κ1) is 15.8. The van der Waals surface area contributed by atoms with Crippen LogP contribution in [0.15, 0.2) is 0 Å². The summed E-state index contributed by atoms with van der Waals surface area (Å²) in [6.07, 6.45) is 5.91. The largest absolute Gasteiger partial charge is 0.342 e. The number of likely N-dealkylation sites (tertiary alicyclic amines) is 1. The van der Waals surface area contributed by atoms with Gasteiger partial charge in [0.1, 0.15) is 0 Å². The number of rotatable bonds is 2. The zero-order chi connectivity index (χ0) is 14.8. The van der Waals surface area contributed by atoms with Gasteiger partial charge in [0, 0.05) is 18.5 Å². The number of piperidine rings is 1. The van der Waals surface area contributed by atoms with E-state index in [1.54, 1.807) is 0 Å². The highest BCUT2D eigenvalue weighted by Crippen LogP contribution is 2.36. The van der Waals surface area contributed by atoms with Crippen LogP contribution >= 0.6 is 0 Å². The number of hydrogen-bond acceptors (Lipinski definition) is 2. The minimum atomic E-state index is -0.220. The lowest BCUT2D eigenvalue weighted by atomic mass is 9.74. The van der Waals surface area contributed by atoms with Crippen molar-refractivity contribution in [3.05, 3.63) is 0 Å². The predicted octanol–water partition coefficient (Wildman–Crippen LogP) is 3.05. The van der Waals surface area contributed by atoms with E-state index in [9.17, 15) is 4.79 Å². The molecule has 3 heteroatoms. The molecule has 1 atom stereocenters. The van der Waals surface area contributed by atoms with Gasteiger partial charge in [-0.25, -0.2) is 0 Å². The van der Waals surface area contributed by atoms with Crippen LogP contribution in [0.5, 0.6) is 0 Å². The van der Waals surface area contributed by atoms with E-state index in [4.69, 9.17) is 0 Å². The lowest BCUT2D eigenvalue weighted by Gasteiger charge is -2.39. The third-order valence-electron chi connectivity index (χ3n) is 5.50. The summed E-state index contributed by atoms with van der Waals surface area (Å²) < 4.78 is 0. The van der Waals surface area contributed by atoms with Gasteiger partial charge in [0.15, 0.2) is 0 Å². The van der Waals surface area contributed by atoms with Gasteiger partial charge in [-0.05, 0) is 56.5 Å². The third-order valence-corrected chi connectivity index (χ3v) is 5.50. The Balaban J connectivity index is 2.01. The summed E-state index contributed by atoms with van der Waals surface area (Å²) in [6.45, 7) is 13.0. The third kappa shape index (κ3) is 3.55. The standard InChI is InChI=1S/C17H32N2O/c1-16(2)8-6-11-19(12-9-16)15(20)17(3,4)14-7-5-10-18-13-14/h14,18H,5-13H2,1-4H3. The number of hydrogen-bond donors (Lipinski definition) is 1. The minimum absolute atomic E-state index is 0.220. The Hall–Kier alpha value is -0.570. The zero-order valence-electron chi connectivity index (χ0n) is 13.8. The molecule has 0 spiro atoms. The van der Waals surface area contributed by atoms with E-state index in [1.165, 1.54) is 19.3 Å². The van der Waals surface area contributed by atoms with Crippen molar-refractivity contribution in [3.8, 4) is 0 Å². The normalized spacial score (nSPS) is 28.0. The molecule has 1 amide bonds. The quantitative estimate of drug-likeness (QED) is 0.843. The molecule has 20 heavy (non-hydrogen) atoms. The van der Waals surface area contributed by atoms with E-state index >= 15 is 0 Å². The molecule has 2 fully saturated rings. The molecule has 0 aromatic rings. The number of amides is 1. The van der Waals surface area contributed by atoms with Crippen LogP contribution in [-0.4, -0.2) is 37.0 Å². The fourth-order valence-electron chi connectivity index (χ4n) is 3.68. The summed E-state index contributed by atoms with van der Waals surface area (Å²) in [6, 6.07) is 0. The van der Waals surface area contributed by atoms with Gasteiger partial charge in [-0.2, -0.15) is 0 Å². The maximum Gasteiger partial charge on any atom is 0.228 e. The number of carbonyl (C=O) groups is 1. The molecular formula is C17H32N2O. The Morgan fingerprint density at radius 1 is 1.20 bits per heavy atom. The molecule has 0 aromatic heterocycles. The Morgan fingerprint density at radius 3 is 2.60 bits per heavy atom. The van der Waals surface area contributed by atoms with E-state index in [-0.39, 0.29) is 5.41 Å². The SMILES string of the molecule is CC1(C)CCCN(C(=O)C(C)(C)C2CCCNC2)CC1. The minimum Gasteiger partial charge on any atom is -0.342 e. The van der Waals surface area contributed by atoms with Crippen molar-refractivity contribution in [1.29, 1.82) is 0 Å². The molecule has 0 saturated carbocycles. The van der Waals surface area contributed by atoms with Gasteiger partial charge >= 0.3 is 0 Å². The van der Waals surface area contributed by atoms with E-state index in [0.29, 0.717) is 17.2 Å². The number of nitrogens with zero attached hydrogens (tertiary/aromatic N) is 1. The summed E-state index contributed by atoms with van der Waals surface area (Å²) >= 11 is 0. The van der Waals surface area contributed by atoms with Crippen LogP contribution in [0.4, 0.5) is 0 Å². The van der Waals surface area contributed by atoms with Gasteiger partial charge in [-0.15, -0.1) is 0 Å². The fraction of sp³-hybridized carbons (Fsp3) is 0.941. The molecule has 2 aliphatic heterocycles. The van der Waals surface area contributed by atoms with Gasteiger partial charge in [0.2, 0.25) is 5.91 Å². The molecule has 1 unspecified atom stereocenters. The molecule has 2 aliphatic rings. The topological polar surface area (TPSA) is 32.3 Å². The maximum atomic E-state index is 13.0. The Labute approximate surface area is 124 Å². The second-order valence-corrected chi connectivity index (χ2v) is 8.07. The van der Waals surface area contributed by atoms with Crippen molar-refractivity contribution in [2.24, 2.45) is 16.7 Å². The first-order valence-corrected chi connectivity index (χ1v) is 8.33. The summed E-state index contributed by atoms with van der Waals surface area (Å²) in [4.78, 5) is 15.1. The fourth-order valence-corrected chi connectivity index (χ4v) is 3.68. The molecule has 0 aromatic carbocycles. The van der Waals surface area contributed by atoms with E-state index in [1.807, 2.05) is 0 Å². The van der Waals surface area contributed by atoms with Crippen LogP contribution in [0, 0.1) is 16.7 Å². The molecule has 0 aliphatic carbocycles. The maximum absolute atomic E-state index is 13.0. The van der Waals surface area contributed by atoms with Crippen LogP contribution < -0.4 is 5.32 Å². The molecule has 2 saturated heterocycles. The molecular weight excluding hydrogens is 248 g/mol. The highest BCUT2D eigenvalue weighted by atomic mass is 16.2. The molecule has 0 bridgehead atoms. The van der Waals surface area contributed by atoms with Gasteiger partial charge in [-0.1, -0.05) is 27.7 Å². The predicted molar refractivity (Wildman–Crippen MR) is 83.6 cm³/mol. The van der Waals surface area contributed by atoms with E-state index in [0.717, 1.165) is 39.0 Å². The summed E-state index contributed by atoms with van der Waals surface area (Å²) in [5, 5.41) is 3.45. The van der Waals surface area contributed by atoms with Crippen molar-refractivity contribution in [2.75, 3.05) is 26.2 Å². The first-order chi connectivity index (χ1) is 9.33. The van der Waals surface area contributed by atoms with Gasteiger partial charge in [0.05, 0.1) is 0 Å². The van der Waals surface area contributed by atoms with Crippen molar-refractivity contribution in [3.63, 3.8) is 0 Å². The Morgan fingerprint density at radius 2 is 1.95 bits per heavy atom. The highest BCUT2D eigenvalue weighted by Gasteiger charge is 2.40. The summed E-state index contributed by atoms with van der Waals surface area (Å²) in [5.41, 5.74) is 0.174.